The van der Waals surface area contributed by atoms with Gasteiger partial charge in [0.05, 0.1) is 23.1 Å². The minimum Gasteiger partial charge on any atom is -0.466 e. The molecule has 1 fully saturated rings. The molecule has 2 aromatic carbocycles. The molecule has 7 nitrogen and oxygen atoms in total. The average Bonchev–Trinajstić information content (AvgIpc) is 2.75. The zero-order chi connectivity index (χ0) is 21.7. The molecule has 30 heavy (non-hydrogen) atoms. The summed E-state index contributed by atoms with van der Waals surface area (Å²) in [6.07, 6.45) is 0.995. The molecule has 0 spiro atoms. The number of carbonyl (C=O) groups is 2. The minimum atomic E-state index is -4.07. The molecule has 0 aromatic heterocycles. The maximum Gasteiger partial charge on any atom is 0.309 e. The van der Waals surface area contributed by atoms with Gasteiger partial charge >= 0.3 is 5.97 Å². The van der Waals surface area contributed by atoms with E-state index in [0.29, 0.717) is 32.5 Å². The van der Waals surface area contributed by atoms with E-state index in [4.69, 9.17) is 4.74 Å². The summed E-state index contributed by atoms with van der Waals surface area (Å²) in [5.41, 5.74) is 0.0382. The SMILES string of the molecule is CCOC(=O)C1CCN(C(=O)c2cccc(S(=O)(=O)Nc3ccccc3F)c2)CC1. The zero-order valence-corrected chi connectivity index (χ0v) is 17.3. The Morgan fingerprint density at radius 1 is 1.13 bits per heavy atom. The van der Waals surface area contributed by atoms with Crippen LogP contribution < -0.4 is 4.72 Å². The van der Waals surface area contributed by atoms with E-state index in [9.17, 15) is 22.4 Å². The molecule has 1 N–H and O–H groups in total. The van der Waals surface area contributed by atoms with E-state index < -0.39 is 15.8 Å². The highest BCUT2D eigenvalue weighted by molar-refractivity contribution is 7.92. The van der Waals surface area contributed by atoms with Gasteiger partial charge in [0.15, 0.2) is 0 Å². The van der Waals surface area contributed by atoms with Crippen LogP contribution in [0.25, 0.3) is 0 Å². The number of piperidine rings is 1. The number of para-hydroxylation sites is 1. The first-order valence-electron chi connectivity index (χ1n) is 9.65. The molecule has 1 saturated heterocycles. The van der Waals surface area contributed by atoms with Crippen molar-refractivity contribution >= 4 is 27.6 Å². The zero-order valence-electron chi connectivity index (χ0n) is 16.5. The summed E-state index contributed by atoms with van der Waals surface area (Å²) < 4.78 is 46.3. The predicted octanol–water partition coefficient (Wildman–Crippen LogP) is 3.04. The van der Waals surface area contributed by atoms with Crippen LogP contribution in [0.1, 0.15) is 30.1 Å². The largest absolute Gasteiger partial charge is 0.466 e. The molecule has 1 aliphatic rings. The van der Waals surface area contributed by atoms with E-state index in [2.05, 4.69) is 4.72 Å². The Morgan fingerprint density at radius 2 is 1.83 bits per heavy atom. The van der Waals surface area contributed by atoms with Gasteiger partial charge in [-0.05, 0) is 50.1 Å². The van der Waals surface area contributed by atoms with Crippen LogP contribution in [0.15, 0.2) is 53.4 Å². The fourth-order valence-corrected chi connectivity index (χ4v) is 4.42. The third-order valence-corrected chi connectivity index (χ3v) is 6.27. The molecular formula is C21H23FN2O5S. The summed E-state index contributed by atoms with van der Waals surface area (Å²) in [6, 6.07) is 11.0. The predicted molar refractivity (Wildman–Crippen MR) is 109 cm³/mol. The number of esters is 1. The molecule has 0 aliphatic carbocycles. The van der Waals surface area contributed by atoms with Crippen molar-refractivity contribution in [3.05, 3.63) is 59.9 Å². The fourth-order valence-electron chi connectivity index (χ4n) is 3.30. The number of amides is 1. The lowest BCUT2D eigenvalue weighted by Gasteiger charge is -2.31. The standard InChI is InChI=1S/C21H23FN2O5S/c1-2-29-21(26)15-10-12-24(13-11-15)20(25)16-6-5-7-17(14-16)30(27,28)23-19-9-4-3-8-18(19)22/h3-9,14-15,23H,2,10-13H2,1H3. The third kappa shape index (κ3) is 4.96. The van der Waals surface area contributed by atoms with Gasteiger partial charge in [-0.3, -0.25) is 14.3 Å². The van der Waals surface area contributed by atoms with Gasteiger partial charge in [0.1, 0.15) is 5.82 Å². The number of nitrogens with one attached hydrogen (secondary N) is 1. The Balaban J connectivity index is 1.71. The van der Waals surface area contributed by atoms with Gasteiger partial charge in [0.2, 0.25) is 0 Å². The first-order valence-corrected chi connectivity index (χ1v) is 11.1. The highest BCUT2D eigenvalue weighted by atomic mass is 32.2. The number of carbonyl (C=O) groups excluding carboxylic acids is 2. The molecule has 0 unspecified atom stereocenters. The quantitative estimate of drug-likeness (QED) is 0.706. The van der Waals surface area contributed by atoms with Crippen LogP contribution >= 0.6 is 0 Å². The van der Waals surface area contributed by atoms with E-state index in [-0.39, 0.29) is 33.9 Å². The van der Waals surface area contributed by atoms with Crippen molar-refractivity contribution < 1.29 is 27.1 Å². The Hall–Kier alpha value is -2.94. The van der Waals surface area contributed by atoms with Gasteiger partial charge in [0.25, 0.3) is 15.9 Å². The van der Waals surface area contributed by atoms with E-state index in [0.717, 1.165) is 6.07 Å². The molecule has 1 aliphatic heterocycles. The van der Waals surface area contributed by atoms with Crippen LogP contribution in [0.2, 0.25) is 0 Å². The number of nitrogens with zero attached hydrogens (tertiary/aromatic N) is 1. The number of benzene rings is 2. The molecule has 1 amide bonds. The van der Waals surface area contributed by atoms with E-state index in [1.165, 1.54) is 42.5 Å². The molecule has 2 aromatic rings. The van der Waals surface area contributed by atoms with Gasteiger partial charge in [-0.15, -0.1) is 0 Å². The second-order valence-corrected chi connectivity index (χ2v) is 8.61. The van der Waals surface area contributed by atoms with Crippen LogP contribution in [0.5, 0.6) is 0 Å². The Labute approximate surface area is 174 Å². The molecule has 3 rings (SSSR count). The Morgan fingerprint density at radius 3 is 2.50 bits per heavy atom. The van der Waals surface area contributed by atoms with E-state index in [1.807, 2.05) is 0 Å². The lowest BCUT2D eigenvalue weighted by Crippen LogP contribution is -2.40. The summed E-state index contributed by atoms with van der Waals surface area (Å²) in [4.78, 5) is 26.1. The smallest absolute Gasteiger partial charge is 0.309 e. The third-order valence-electron chi connectivity index (χ3n) is 4.91. The Bertz CT molecular complexity index is 1030. The van der Waals surface area contributed by atoms with Crippen molar-refractivity contribution in [2.24, 2.45) is 5.92 Å². The molecule has 0 atom stereocenters. The molecule has 0 bridgehead atoms. The lowest BCUT2D eigenvalue weighted by molar-refractivity contribution is -0.149. The highest BCUT2D eigenvalue weighted by Crippen LogP contribution is 2.23. The average molecular weight is 434 g/mol. The van der Waals surface area contributed by atoms with Crippen molar-refractivity contribution in [3.8, 4) is 0 Å². The van der Waals surface area contributed by atoms with Crippen LogP contribution in [0.4, 0.5) is 10.1 Å². The van der Waals surface area contributed by atoms with Crippen LogP contribution in [-0.4, -0.2) is 44.9 Å². The van der Waals surface area contributed by atoms with Crippen LogP contribution in [-0.2, 0) is 19.6 Å². The van der Waals surface area contributed by atoms with E-state index >= 15 is 0 Å². The Kier molecular flexibility index (Phi) is 6.71. The summed E-state index contributed by atoms with van der Waals surface area (Å²) in [5, 5.41) is 0. The minimum absolute atomic E-state index is 0.141. The highest BCUT2D eigenvalue weighted by Gasteiger charge is 2.29. The molecular weight excluding hydrogens is 411 g/mol. The van der Waals surface area contributed by atoms with Gasteiger partial charge in [0, 0.05) is 18.7 Å². The summed E-state index contributed by atoms with van der Waals surface area (Å²) in [5.74, 6) is -1.50. The van der Waals surface area contributed by atoms with Crippen molar-refractivity contribution in [3.63, 3.8) is 0 Å². The molecule has 0 radical (unpaired) electrons. The molecule has 160 valence electrons. The maximum absolute atomic E-state index is 13.8. The van der Waals surface area contributed by atoms with Crippen molar-refractivity contribution in [1.82, 2.24) is 4.90 Å². The monoisotopic (exact) mass is 434 g/mol. The van der Waals surface area contributed by atoms with Crippen molar-refractivity contribution in [2.45, 2.75) is 24.7 Å². The van der Waals surface area contributed by atoms with Crippen LogP contribution in [0.3, 0.4) is 0 Å². The number of rotatable bonds is 6. The van der Waals surface area contributed by atoms with Gasteiger partial charge in [-0.25, -0.2) is 12.8 Å². The van der Waals surface area contributed by atoms with E-state index in [1.54, 1.807) is 11.8 Å². The summed E-state index contributed by atoms with van der Waals surface area (Å²) in [7, 11) is -4.07. The second-order valence-electron chi connectivity index (χ2n) is 6.93. The van der Waals surface area contributed by atoms with Crippen molar-refractivity contribution in [2.75, 3.05) is 24.4 Å². The fraction of sp³-hybridized carbons (Fsp3) is 0.333. The van der Waals surface area contributed by atoms with Crippen LogP contribution in [0, 0.1) is 11.7 Å². The summed E-state index contributed by atoms with van der Waals surface area (Å²) in [6.45, 7) is 2.83. The van der Waals surface area contributed by atoms with Crippen molar-refractivity contribution in [1.29, 1.82) is 0 Å². The summed E-state index contributed by atoms with van der Waals surface area (Å²) >= 11 is 0. The number of sulfonamides is 1. The normalized spacial score (nSPS) is 14.9. The number of halogens is 1. The number of likely N-dealkylation sites (tertiary alicyclic amines) is 1. The molecule has 9 heteroatoms. The number of ether oxygens (including phenoxy) is 1. The molecule has 1 heterocycles. The second kappa shape index (κ2) is 9.25. The number of anilines is 1. The maximum atomic E-state index is 13.8. The topological polar surface area (TPSA) is 92.8 Å². The first-order chi connectivity index (χ1) is 14.3. The van der Waals surface area contributed by atoms with Gasteiger partial charge in [-0.2, -0.15) is 0 Å². The van der Waals surface area contributed by atoms with Gasteiger partial charge in [-0.1, -0.05) is 18.2 Å². The first kappa shape index (κ1) is 21.8. The number of hydrogen-bond acceptors (Lipinski definition) is 5. The molecule has 0 saturated carbocycles. The van der Waals surface area contributed by atoms with Gasteiger partial charge < -0.3 is 9.64 Å². The lowest BCUT2D eigenvalue weighted by atomic mass is 9.96. The number of hydrogen-bond donors (Lipinski definition) is 1.